The number of carbonyl (C=O) groups excluding carboxylic acids is 1. The Morgan fingerprint density at radius 3 is 2.50 bits per heavy atom. The van der Waals surface area contributed by atoms with Crippen molar-refractivity contribution in [1.82, 2.24) is 0 Å². The van der Waals surface area contributed by atoms with Crippen molar-refractivity contribution < 1.29 is 4.79 Å². The van der Waals surface area contributed by atoms with Crippen molar-refractivity contribution in [2.75, 3.05) is 5.32 Å². The molecule has 0 heterocycles. The highest BCUT2D eigenvalue weighted by Crippen LogP contribution is 2.25. The zero-order valence-electron chi connectivity index (χ0n) is 9.20. The molecule has 0 saturated heterocycles. The van der Waals surface area contributed by atoms with Crippen LogP contribution in [0.2, 0.25) is 0 Å². The fourth-order valence-electron chi connectivity index (χ4n) is 2.01. The van der Waals surface area contributed by atoms with Gasteiger partial charge in [-0.1, -0.05) is 18.2 Å². The second-order valence-electron chi connectivity index (χ2n) is 4.02. The fraction of sp³-hybridized carbons (Fsp3) is 0.308. The van der Waals surface area contributed by atoms with Crippen LogP contribution in [0.1, 0.15) is 25.7 Å². The first-order valence-electron chi connectivity index (χ1n) is 5.61. The average Bonchev–Trinajstić information content (AvgIpc) is 2.31. The third-order valence-electron chi connectivity index (χ3n) is 2.83. The summed E-state index contributed by atoms with van der Waals surface area (Å²) in [5.41, 5.74) is 8.14. The van der Waals surface area contributed by atoms with Gasteiger partial charge < -0.3 is 11.1 Å². The van der Waals surface area contributed by atoms with Crippen molar-refractivity contribution >= 4 is 11.6 Å². The molecule has 1 aromatic carbocycles. The SMILES string of the molecule is NC(=O)C1=C(Nc2ccccc2)CCCC1. The highest BCUT2D eigenvalue weighted by Gasteiger charge is 2.16. The van der Waals surface area contributed by atoms with Crippen molar-refractivity contribution in [2.45, 2.75) is 25.7 Å². The van der Waals surface area contributed by atoms with E-state index in [4.69, 9.17) is 5.73 Å². The van der Waals surface area contributed by atoms with E-state index < -0.39 is 0 Å². The average molecular weight is 216 g/mol. The van der Waals surface area contributed by atoms with Crippen molar-refractivity contribution in [2.24, 2.45) is 5.73 Å². The summed E-state index contributed by atoms with van der Waals surface area (Å²) in [6.07, 6.45) is 3.88. The van der Waals surface area contributed by atoms with Gasteiger partial charge in [0, 0.05) is 17.0 Å². The topological polar surface area (TPSA) is 55.1 Å². The Morgan fingerprint density at radius 2 is 1.81 bits per heavy atom. The predicted molar refractivity (Wildman–Crippen MR) is 64.8 cm³/mol. The van der Waals surface area contributed by atoms with Crippen LogP contribution in [0.4, 0.5) is 5.69 Å². The van der Waals surface area contributed by atoms with Crippen molar-refractivity contribution in [1.29, 1.82) is 0 Å². The van der Waals surface area contributed by atoms with Gasteiger partial charge in [0.15, 0.2) is 0 Å². The number of nitrogens with two attached hydrogens (primary N) is 1. The van der Waals surface area contributed by atoms with E-state index in [0.717, 1.165) is 42.6 Å². The fourth-order valence-corrected chi connectivity index (χ4v) is 2.01. The molecule has 1 amide bonds. The lowest BCUT2D eigenvalue weighted by Crippen LogP contribution is -2.21. The molecule has 1 aliphatic carbocycles. The molecule has 0 aliphatic heterocycles. The summed E-state index contributed by atoms with van der Waals surface area (Å²) in [6.45, 7) is 0. The van der Waals surface area contributed by atoms with Crippen LogP contribution in [0.3, 0.4) is 0 Å². The normalized spacial score (nSPS) is 16.0. The van der Waals surface area contributed by atoms with Gasteiger partial charge in [-0.2, -0.15) is 0 Å². The summed E-state index contributed by atoms with van der Waals surface area (Å²) in [4.78, 5) is 11.3. The molecule has 0 atom stereocenters. The van der Waals surface area contributed by atoms with E-state index in [-0.39, 0.29) is 5.91 Å². The molecule has 2 rings (SSSR count). The van der Waals surface area contributed by atoms with Gasteiger partial charge in [0.2, 0.25) is 5.91 Å². The van der Waals surface area contributed by atoms with E-state index in [1.807, 2.05) is 30.3 Å². The lowest BCUT2D eigenvalue weighted by atomic mass is 9.95. The van der Waals surface area contributed by atoms with E-state index in [0.29, 0.717) is 0 Å². The molecule has 0 fully saturated rings. The lowest BCUT2D eigenvalue weighted by molar-refractivity contribution is -0.114. The van der Waals surface area contributed by atoms with Crippen LogP contribution < -0.4 is 11.1 Å². The number of primary amides is 1. The molecule has 84 valence electrons. The largest absolute Gasteiger partial charge is 0.366 e. The van der Waals surface area contributed by atoms with Crippen LogP contribution in [0.5, 0.6) is 0 Å². The third-order valence-corrected chi connectivity index (χ3v) is 2.83. The lowest BCUT2D eigenvalue weighted by Gasteiger charge is -2.19. The summed E-state index contributed by atoms with van der Waals surface area (Å²) in [7, 11) is 0. The molecule has 1 aromatic rings. The molecular weight excluding hydrogens is 200 g/mol. The third kappa shape index (κ3) is 2.42. The molecule has 0 radical (unpaired) electrons. The first-order valence-corrected chi connectivity index (χ1v) is 5.61. The minimum Gasteiger partial charge on any atom is -0.366 e. The number of allylic oxidation sites excluding steroid dienone is 1. The second-order valence-corrected chi connectivity index (χ2v) is 4.02. The van der Waals surface area contributed by atoms with Gasteiger partial charge in [0.05, 0.1) is 0 Å². The Balaban J connectivity index is 2.21. The molecular formula is C13H16N2O. The van der Waals surface area contributed by atoms with Gasteiger partial charge in [0.25, 0.3) is 0 Å². The summed E-state index contributed by atoms with van der Waals surface area (Å²) < 4.78 is 0. The van der Waals surface area contributed by atoms with Crippen LogP contribution in [-0.2, 0) is 4.79 Å². The molecule has 3 heteroatoms. The molecule has 1 aliphatic rings. The molecule has 0 spiro atoms. The number of para-hydroxylation sites is 1. The van der Waals surface area contributed by atoms with E-state index in [9.17, 15) is 4.79 Å². The Bertz CT molecular complexity index is 409. The Morgan fingerprint density at radius 1 is 1.12 bits per heavy atom. The second kappa shape index (κ2) is 4.84. The van der Waals surface area contributed by atoms with E-state index in [2.05, 4.69) is 5.32 Å². The number of carbonyl (C=O) groups is 1. The standard InChI is InChI=1S/C13H16N2O/c14-13(16)11-8-4-5-9-12(11)15-10-6-2-1-3-7-10/h1-3,6-7,15H,4-5,8-9H2,(H2,14,16). The number of nitrogens with one attached hydrogen (secondary N) is 1. The van der Waals surface area contributed by atoms with E-state index >= 15 is 0 Å². The van der Waals surface area contributed by atoms with Gasteiger partial charge in [-0.05, 0) is 37.8 Å². The van der Waals surface area contributed by atoms with E-state index in [1.165, 1.54) is 0 Å². The smallest absolute Gasteiger partial charge is 0.246 e. The number of benzene rings is 1. The summed E-state index contributed by atoms with van der Waals surface area (Å²) in [6, 6.07) is 9.88. The van der Waals surface area contributed by atoms with Crippen LogP contribution in [0.25, 0.3) is 0 Å². The molecule has 0 aromatic heterocycles. The summed E-state index contributed by atoms with van der Waals surface area (Å²) in [5, 5.41) is 3.29. The van der Waals surface area contributed by atoms with E-state index in [1.54, 1.807) is 0 Å². The molecule has 3 nitrogen and oxygen atoms in total. The van der Waals surface area contributed by atoms with Crippen molar-refractivity contribution in [3.63, 3.8) is 0 Å². The minimum absolute atomic E-state index is 0.293. The van der Waals surface area contributed by atoms with Gasteiger partial charge in [0.1, 0.15) is 0 Å². The van der Waals surface area contributed by atoms with Gasteiger partial charge in [-0.15, -0.1) is 0 Å². The highest BCUT2D eigenvalue weighted by atomic mass is 16.1. The predicted octanol–water partition coefficient (Wildman–Crippen LogP) is 2.41. The zero-order chi connectivity index (χ0) is 11.4. The monoisotopic (exact) mass is 216 g/mol. The van der Waals surface area contributed by atoms with Gasteiger partial charge in [-0.25, -0.2) is 0 Å². The summed E-state index contributed by atoms with van der Waals surface area (Å²) >= 11 is 0. The zero-order valence-corrected chi connectivity index (χ0v) is 9.20. The summed E-state index contributed by atoms with van der Waals surface area (Å²) in [5.74, 6) is -0.293. The molecule has 16 heavy (non-hydrogen) atoms. The van der Waals surface area contributed by atoms with Crippen molar-refractivity contribution in [3.05, 3.63) is 41.6 Å². The maximum atomic E-state index is 11.3. The minimum atomic E-state index is -0.293. The van der Waals surface area contributed by atoms with Crippen LogP contribution in [0, 0.1) is 0 Å². The maximum absolute atomic E-state index is 11.3. The van der Waals surface area contributed by atoms with Crippen LogP contribution >= 0.6 is 0 Å². The number of hydrogen-bond acceptors (Lipinski definition) is 2. The van der Waals surface area contributed by atoms with Gasteiger partial charge >= 0.3 is 0 Å². The number of anilines is 1. The number of amides is 1. The Labute approximate surface area is 95.3 Å². The number of hydrogen-bond donors (Lipinski definition) is 2. The van der Waals surface area contributed by atoms with Crippen molar-refractivity contribution in [3.8, 4) is 0 Å². The first-order chi connectivity index (χ1) is 7.77. The maximum Gasteiger partial charge on any atom is 0.246 e. The number of rotatable bonds is 3. The molecule has 0 bridgehead atoms. The molecule has 0 saturated carbocycles. The molecule has 3 N–H and O–H groups in total. The van der Waals surface area contributed by atoms with Crippen LogP contribution in [-0.4, -0.2) is 5.91 Å². The quantitative estimate of drug-likeness (QED) is 0.815. The van der Waals surface area contributed by atoms with Crippen LogP contribution in [0.15, 0.2) is 41.6 Å². The Hall–Kier alpha value is -1.77. The first kappa shape index (κ1) is 10.7. The highest BCUT2D eigenvalue weighted by molar-refractivity contribution is 5.93. The Kier molecular flexibility index (Phi) is 3.25. The molecule has 0 unspecified atom stereocenters. The van der Waals surface area contributed by atoms with Gasteiger partial charge in [-0.3, -0.25) is 4.79 Å².